The molecule has 0 saturated carbocycles. The van der Waals surface area contributed by atoms with Crippen molar-refractivity contribution < 1.29 is 14.3 Å². The molecule has 2 aromatic heterocycles. The lowest BCUT2D eigenvalue weighted by Crippen LogP contribution is -2.23. The second kappa shape index (κ2) is 10.3. The number of rotatable bonds is 9. The second-order valence-electron chi connectivity index (χ2n) is 6.35. The Labute approximate surface area is 183 Å². The first-order valence-corrected chi connectivity index (χ1v) is 11.2. The summed E-state index contributed by atoms with van der Waals surface area (Å²) in [6.07, 6.45) is 1.57. The van der Waals surface area contributed by atoms with Crippen molar-refractivity contribution in [2.75, 3.05) is 19.0 Å². The number of hydrogen-bond donors (Lipinski definition) is 1. The summed E-state index contributed by atoms with van der Waals surface area (Å²) >= 11 is 3.08. The zero-order valence-electron chi connectivity index (χ0n) is 17.0. The van der Waals surface area contributed by atoms with E-state index in [0.29, 0.717) is 29.5 Å². The van der Waals surface area contributed by atoms with Gasteiger partial charge in [0.2, 0.25) is 11.3 Å². The van der Waals surface area contributed by atoms with E-state index in [1.54, 1.807) is 34.2 Å². The van der Waals surface area contributed by atoms with Gasteiger partial charge >= 0.3 is 0 Å². The van der Waals surface area contributed by atoms with Gasteiger partial charge in [-0.05, 0) is 26.0 Å². The van der Waals surface area contributed by atoms with E-state index in [2.05, 4.69) is 10.3 Å². The molecule has 0 fully saturated rings. The molecule has 3 rings (SSSR count). The molecule has 1 amide bonds. The average molecular weight is 446 g/mol. The maximum atomic E-state index is 12.7. The fourth-order valence-electron chi connectivity index (χ4n) is 2.75. The maximum absolute atomic E-state index is 12.7. The summed E-state index contributed by atoms with van der Waals surface area (Å²) < 4.78 is 13.4. The number of amides is 1. The molecule has 0 atom stereocenters. The number of benzene rings is 1. The minimum Gasteiger partial charge on any atom is -0.492 e. The zero-order valence-corrected chi connectivity index (χ0v) is 18.6. The van der Waals surface area contributed by atoms with Crippen LogP contribution < -0.4 is 20.2 Å². The van der Waals surface area contributed by atoms with Gasteiger partial charge in [-0.3, -0.25) is 9.59 Å². The predicted molar refractivity (Wildman–Crippen MR) is 120 cm³/mol. The van der Waals surface area contributed by atoms with Crippen LogP contribution in [0.25, 0.3) is 0 Å². The Hall–Kier alpha value is -2.78. The highest BCUT2D eigenvalue weighted by atomic mass is 32.2. The number of pyridine rings is 1. The molecule has 158 valence electrons. The summed E-state index contributed by atoms with van der Waals surface area (Å²) in [7, 11) is 1.44. The highest BCUT2D eigenvalue weighted by Crippen LogP contribution is 2.27. The molecule has 1 N–H and O–H groups in total. The fourth-order valence-corrected chi connectivity index (χ4v) is 4.59. The molecule has 0 aliphatic carbocycles. The lowest BCUT2D eigenvalue weighted by Gasteiger charge is -2.15. The number of methoxy groups -OCH3 is 1. The van der Waals surface area contributed by atoms with E-state index in [4.69, 9.17) is 9.47 Å². The van der Waals surface area contributed by atoms with Gasteiger partial charge < -0.3 is 19.4 Å². The van der Waals surface area contributed by atoms with Crippen LogP contribution in [-0.4, -0.2) is 29.2 Å². The van der Waals surface area contributed by atoms with Crippen LogP contribution in [-0.2, 0) is 17.1 Å². The van der Waals surface area contributed by atoms with Crippen molar-refractivity contribution in [2.45, 2.75) is 30.5 Å². The van der Waals surface area contributed by atoms with Crippen LogP contribution in [0.1, 0.15) is 18.3 Å². The topological polar surface area (TPSA) is 82.5 Å². The van der Waals surface area contributed by atoms with Crippen molar-refractivity contribution in [1.82, 2.24) is 9.55 Å². The maximum Gasteiger partial charge on any atom is 0.244 e. The van der Waals surface area contributed by atoms with Crippen LogP contribution >= 0.6 is 23.1 Å². The van der Waals surface area contributed by atoms with Crippen molar-refractivity contribution in [3.05, 3.63) is 63.5 Å². The van der Waals surface area contributed by atoms with E-state index in [-0.39, 0.29) is 23.6 Å². The molecule has 0 bridgehead atoms. The molecule has 1 aromatic carbocycles. The van der Waals surface area contributed by atoms with Crippen molar-refractivity contribution >= 4 is 34.7 Å². The Morgan fingerprint density at radius 3 is 2.80 bits per heavy atom. The van der Waals surface area contributed by atoms with E-state index >= 15 is 0 Å². The van der Waals surface area contributed by atoms with E-state index in [1.165, 1.54) is 24.9 Å². The minimum absolute atomic E-state index is 0.0316. The van der Waals surface area contributed by atoms with Gasteiger partial charge in [0, 0.05) is 28.6 Å². The number of hydrogen-bond acceptors (Lipinski definition) is 7. The molecule has 9 heteroatoms. The van der Waals surface area contributed by atoms with Crippen molar-refractivity contribution in [3.8, 4) is 11.5 Å². The molecular weight excluding hydrogens is 422 g/mol. The van der Waals surface area contributed by atoms with Gasteiger partial charge in [0.05, 0.1) is 25.6 Å². The summed E-state index contributed by atoms with van der Waals surface area (Å²) in [6.45, 7) is 4.36. The quantitative estimate of drug-likeness (QED) is 0.502. The van der Waals surface area contributed by atoms with Gasteiger partial charge in [-0.25, -0.2) is 4.98 Å². The van der Waals surface area contributed by atoms with Crippen LogP contribution in [0.3, 0.4) is 0 Å². The Morgan fingerprint density at radius 2 is 2.10 bits per heavy atom. The first kappa shape index (κ1) is 21.9. The number of carbonyl (C=O) groups is 1. The molecule has 2 heterocycles. The zero-order chi connectivity index (χ0) is 21.5. The molecule has 0 aliphatic rings. The Morgan fingerprint density at radius 1 is 1.30 bits per heavy atom. The highest BCUT2D eigenvalue weighted by molar-refractivity contribution is 8.00. The smallest absolute Gasteiger partial charge is 0.244 e. The lowest BCUT2D eigenvalue weighted by atomic mass is 10.3. The van der Waals surface area contributed by atoms with Crippen LogP contribution in [0.4, 0.5) is 5.69 Å². The third-order valence-corrected chi connectivity index (χ3v) is 6.29. The van der Waals surface area contributed by atoms with Crippen molar-refractivity contribution in [3.63, 3.8) is 0 Å². The lowest BCUT2D eigenvalue weighted by molar-refractivity contribution is -0.116. The number of thiazole rings is 1. The second-order valence-corrected chi connectivity index (χ2v) is 8.43. The third kappa shape index (κ3) is 5.64. The average Bonchev–Trinajstić information content (AvgIpc) is 3.14. The molecule has 30 heavy (non-hydrogen) atoms. The normalized spacial score (nSPS) is 10.6. The molecule has 0 spiro atoms. The van der Waals surface area contributed by atoms with Gasteiger partial charge in [0.25, 0.3) is 0 Å². The fraction of sp³-hybridized carbons (Fsp3) is 0.286. The Balaban J connectivity index is 1.79. The Bertz CT molecular complexity index is 1080. The van der Waals surface area contributed by atoms with Crippen LogP contribution in [0, 0.1) is 6.92 Å². The van der Waals surface area contributed by atoms with Gasteiger partial charge in [0.1, 0.15) is 16.6 Å². The number of aromatic nitrogens is 2. The summed E-state index contributed by atoms with van der Waals surface area (Å²) in [5.41, 5.74) is 2.06. The minimum atomic E-state index is -0.232. The molecule has 7 nitrogen and oxygen atoms in total. The summed E-state index contributed by atoms with van der Waals surface area (Å²) in [5.74, 6) is 1.08. The van der Waals surface area contributed by atoms with Gasteiger partial charge in [-0.1, -0.05) is 23.9 Å². The number of nitrogens with one attached hydrogen (secondary N) is 1. The van der Waals surface area contributed by atoms with Crippen molar-refractivity contribution in [1.29, 1.82) is 0 Å². The molecule has 0 unspecified atom stereocenters. The number of para-hydroxylation sites is 2. The first-order chi connectivity index (χ1) is 14.5. The predicted octanol–water partition coefficient (Wildman–Crippen LogP) is 3.95. The van der Waals surface area contributed by atoms with Crippen LogP contribution in [0.2, 0.25) is 0 Å². The highest BCUT2D eigenvalue weighted by Gasteiger charge is 2.13. The molecule has 0 aliphatic heterocycles. The number of carbonyl (C=O) groups excluding carboxylic acids is 1. The van der Waals surface area contributed by atoms with Gasteiger partial charge in [-0.15, -0.1) is 11.3 Å². The standard InChI is InChI=1S/C21H23N3O4S2/c1-4-28-18-8-6-5-7-16(18)23-20(26)11-24-10-19(27-3)17(25)9-15(24)13-30-21-22-14(2)12-29-21/h5-10,12H,4,11,13H2,1-3H3,(H,23,26). The van der Waals surface area contributed by atoms with Gasteiger partial charge in [0.15, 0.2) is 5.75 Å². The third-order valence-electron chi connectivity index (χ3n) is 4.12. The molecule has 0 radical (unpaired) electrons. The van der Waals surface area contributed by atoms with E-state index in [9.17, 15) is 9.59 Å². The van der Waals surface area contributed by atoms with Crippen LogP contribution in [0.5, 0.6) is 11.5 Å². The number of nitrogens with zero attached hydrogens (tertiary/aromatic N) is 2. The van der Waals surface area contributed by atoms with E-state index in [0.717, 1.165) is 10.0 Å². The van der Waals surface area contributed by atoms with Crippen LogP contribution in [0.15, 0.2) is 51.0 Å². The molecular formula is C21H23N3O4S2. The summed E-state index contributed by atoms with van der Waals surface area (Å²) in [6, 6.07) is 8.78. The first-order valence-electron chi connectivity index (χ1n) is 9.34. The largest absolute Gasteiger partial charge is 0.492 e. The number of aryl methyl sites for hydroxylation is 1. The van der Waals surface area contributed by atoms with E-state index in [1.807, 2.05) is 31.4 Å². The molecule has 0 saturated heterocycles. The number of thioether (sulfide) groups is 1. The number of ether oxygens (including phenoxy) is 2. The molecule has 3 aromatic rings. The van der Waals surface area contributed by atoms with E-state index < -0.39 is 0 Å². The Kier molecular flexibility index (Phi) is 7.53. The summed E-state index contributed by atoms with van der Waals surface area (Å²) in [5, 5.41) is 4.86. The monoisotopic (exact) mass is 445 g/mol. The van der Waals surface area contributed by atoms with Crippen molar-refractivity contribution in [2.24, 2.45) is 0 Å². The SMILES string of the molecule is CCOc1ccccc1NC(=O)Cn1cc(OC)c(=O)cc1CSc1nc(C)cs1. The summed E-state index contributed by atoms with van der Waals surface area (Å²) in [4.78, 5) is 29.4. The van der Waals surface area contributed by atoms with Gasteiger partial charge in [-0.2, -0.15) is 0 Å². The number of anilines is 1.